The van der Waals surface area contributed by atoms with Crippen molar-refractivity contribution in [2.45, 2.75) is 19.8 Å². The smallest absolute Gasteiger partial charge is 0.314 e. The largest absolute Gasteiger partial charge is 0.496 e. The number of ether oxygens (including phenoxy) is 2. The minimum absolute atomic E-state index is 0.0339. The van der Waals surface area contributed by atoms with E-state index in [1.54, 1.807) is 7.11 Å². The fourth-order valence-electron chi connectivity index (χ4n) is 2.95. The number of hydrogen-bond acceptors (Lipinski definition) is 3. The maximum atomic E-state index is 11.9. The molecule has 0 saturated carbocycles. The van der Waals surface area contributed by atoms with Crippen LogP contribution in [0.5, 0.6) is 5.75 Å². The van der Waals surface area contributed by atoms with Crippen molar-refractivity contribution in [1.82, 2.24) is 0 Å². The van der Waals surface area contributed by atoms with Crippen LogP contribution in [0.4, 0.5) is 0 Å². The fraction of sp³-hybridized carbons (Fsp3) is 0.500. The van der Waals surface area contributed by atoms with Crippen molar-refractivity contribution in [1.29, 1.82) is 0 Å². The van der Waals surface area contributed by atoms with Gasteiger partial charge in [0.25, 0.3) is 0 Å². The Labute approximate surface area is 132 Å². The molecular weight excluding hydrogens is 278 g/mol. The van der Waals surface area contributed by atoms with E-state index in [4.69, 9.17) is 9.47 Å². The number of methoxy groups -OCH3 is 1. The number of quaternary nitrogens is 1. The minimum atomic E-state index is -0.0339. The summed E-state index contributed by atoms with van der Waals surface area (Å²) in [6, 6.07) is 7.98. The summed E-state index contributed by atoms with van der Waals surface area (Å²) in [5.74, 6) is 0.911. The number of rotatable bonds is 6. The molecule has 0 amide bonds. The van der Waals surface area contributed by atoms with Crippen molar-refractivity contribution in [3.8, 4) is 5.75 Å². The highest BCUT2D eigenvalue weighted by Gasteiger charge is 2.28. The average Bonchev–Trinajstić information content (AvgIpc) is 2.56. The number of para-hydroxylation sites is 1. The van der Waals surface area contributed by atoms with E-state index in [2.05, 4.69) is 12.2 Å². The second-order valence-electron chi connectivity index (χ2n) is 5.64. The van der Waals surface area contributed by atoms with Gasteiger partial charge in [0.2, 0.25) is 0 Å². The first-order chi connectivity index (χ1) is 10.7. The Morgan fingerprint density at radius 1 is 1.41 bits per heavy atom. The predicted molar refractivity (Wildman–Crippen MR) is 86.9 cm³/mol. The van der Waals surface area contributed by atoms with Gasteiger partial charge in [-0.05, 0) is 38.0 Å². The molecule has 4 heteroatoms. The lowest BCUT2D eigenvalue weighted by Gasteiger charge is -2.27. The monoisotopic (exact) mass is 304 g/mol. The molecule has 0 aliphatic carbocycles. The molecule has 1 unspecified atom stereocenters. The summed E-state index contributed by atoms with van der Waals surface area (Å²) in [5.41, 5.74) is 1.09. The summed E-state index contributed by atoms with van der Waals surface area (Å²) >= 11 is 0. The molecule has 2 rings (SSSR count). The molecule has 1 saturated heterocycles. The lowest BCUT2D eigenvalue weighted by atomic mass is 9.98. The predicted octanol–water partition coefficient (Wildman–Crippen LogP) is 1.57. The lowest BCUT2D eigenvalue weighted by Crippen LogP contribution is -3.13. The third-order valence-electron chi connectivity index (χ3n) is 4.08. The Bertz CT molecular complexity index is 513. The number of hydrogen-bond donors (Lipinski definition) is 1. The Morgan fingerprint density at radius 3 is 3.00 bits per heavy atom. The molecule has 0 bridgehead atoms. The molecule has 1 aromatic carbocycles. The first-order valence-corrected chi connectivity index (χ1v) is 8.04. The maximum Gasteiger partial charge on any atom is 0.314 e. The van der Waals surface area contributed by atoms with Gasteiger partial charge in [0.1, 0.15) is 11.7 Å². The zero-order valence-electron chi connectivity index (χ0n) is 13.5. The summed E-state index contributed by atoms with van der Waals surface area (Å²) in [4.78, 5) is 13.3. The van der Waals surface area contributed by atoms with E-state index in [0.29, 0.717) is 6.61 Å². The summed E-state index contributed by atoms with van der Waals surface area (Å²) in [6.45, 7) is 5.24. The molecule has 4 nitrogen and oxygen atoms in total. The normalized spacial score (nSPS) is 21.7. The van der Waals surface area contributed by atoms with Crippen molar-refractivity contribution in [2.24, 2.45) is 5.92 Å². The first-order valence-electron chi connectivity index (χ1n) is 8.04. The molecule has 0 spiro atoms. The van der Waals surface area contributed by atoms with Crippen LogP contribution in [0.1, 0.15) is 25.3 Å². The van der Waals surface area contributed by atoms with Crippen LogP contribution in [0, 0.1) is 5.92 Å². The van der Waals surface area contributed by atoms with Gasteiger partial charge in [-0.2, -0.15) is 0 Å². The van der Waals surface area contributed by atoms with Gasteiger partial charge in [-0.1, -0.05) is 18.2 Å². The Morgan fingerprint density at radius 2 is 2.23 bits per heavy atom. The Kier molecular flexibility index (Phi) is 6.46. The summed E-state index contributed by atoms with van der Waals surface area (Å²) < 4.78 is 10.5. The first kappa shape index (κ1) is 16.6. The molecule has 1 N–H and O–H groups in total. The SMILES string of the molecule is CCOC(=O)[C@@H]1CCC[NH+](C/C=C/c2ccccc2OC)C1. The minimum Gasteiger partial charge on any atom is -0.496 e. The van der Waals surface area contributed by atoms with Crippen LogP contribution in [0.15, 0.2) is 30.3 Å². The highest BCUT2D eigenvalue weighted by atomic mass is 16.5. The van der Waals surface area contributed by atoms with Gasteiger partial charge < -0.3 is 14.4 Å². The molecule has 1 fully saturated rings. The number of benzene rings is 1. The van der Waals surface area contributed by atoms with Gasteiger partial charge >= 0.3 is 5.97 Å². The van der Waals surface area contributed by atoms with E-state index < -0.39 is 0 Å². The van der Waals surface area contributed by atoms with Crippen LogP contribution < -0.4 is 9.64 Å². The van der Waals surface area contributed by atoms with E-state index in [0.717, 1.165) is 43.8 Å². The zero-order chi connectivity index (χ0) is 15.8. The van der Waals surface area contributed by atoms with E-state index in [1.165, 1.54) is 4.90 Å². The number of esters is 1. The second kappa shape index (κ2) is 8.59. The molecule has 1 aliphatic rings. The van der Waals surface area contributed by atoms with Crippen molar-refractivity contribution < 1.29 is 19.2 Å². The molecule has 2 atom stereocenters. The second-order valence-corrected chi connectivity index (χ2v) is 5.64. The van der Waals surface area contributed by atoms with Crippen LogP contribution in [0.2, 0.25) is 0 Å². The molecule has 22 heavy (non-hydrogen) atoms. The van der Waals surface area contributed by atoms with E-state index >= 15 is 0 Å². The standard InChI is InChI=1S/C18H25NO3/c1-3-22-18(20)16-10-7-13-19(14-16)12-6-9-15-8-4-5-11-17(15)21-2/h4-6,8-9,11,16H,3,7,10,12-14H2,1-2H3/p+1/b9-6+/t16-/m1/s1. The van der Waals surface area contributed by atoms with Crippen molar-refractivity contribution in [3.63, 3.8) is 0 Å². The fourth-order valence-corrected chi connectivity index (χ4v) is 2.95. The third-order valence-corrected chi connectivity index (χ3v) is 4.08. The van der Waals surface area contributed by atoms with Gasteiger partial charge in [0.05, 0.1) is 33.4 Å². The van der Waals surface area contributed by atoms with Gasteiger partial charge in [-0.15, -0.1) is 0 Å². The molecule has 1 aromatic rings. The van der Waals surface area contributed by atoms with Crippen LogP contribution >= 0.6 is 0 Å². The zero-order valence-corrected chi connectivity index (χ0v) is 13.5. The van der Waals surface area contributed by atoms with Crippen LogP contribution in [0.3, 0.4) is 0 Å². The number of likely N-dealkylation sites (tertiary alicyclic amines) is 1. The van der Waals surface area contributed by atoms with Crippen molar-refractivity contribution in [3.05, 3.63) is 35.9 Å². The van der Waals surface area contributed by atoms with E-state index in [9.17, 15) is 4.79 Å². The average molecular weight is 304 g/mol. The van der Waals surface area contributed by atoms with Gasteiger partial charge in [-0.3, -0.25) is 4.79 Å². The molecule has 1 aliphatic heterocycles. The lowest BCUT2D eigenvalue weighted by molar-refractivity contribution is -0.901. The quantitative estimate of drug-likeness (QED) is 0.811. The number of nitrogens with one attached hydrogen (secondary N) is 1. The number of carbonyl (C=O) groups is 1. The Balaban J connectivity index is 1.88. The summed E-state index contributed by atoms with van der Waals surface area (Å²) in [5, 5.41) is 0. The Hall–Kier alpha value is -1.81. The van der Waals surface area contributed by atoms with Crippen LogP contribution in [-0.2, 0) is 9.53 Å². The van der Waals surface area contributed by atoms with E-state index in [-0.39, 0.29) is 11.9 Å². The topological polar surface area (TPSA) is 40.0 Å². The highest BCUT2D eigenvalue weighted by molar-refractivity contribution is 5.72. The van der Waals surface area contributed by atoms with Gasteiger partial charge in [-0.25, -0.2) is 0 Å². The van der Waals surface area contributed by atoms with Crippen LogP contribution in [0.25, 0.3) is 6.08 Å². The van der Waals surface area contributed by atoms with Gasteiger partial charge in [0, 0.05) is 5.56 Å². The summed E-state index contributed by atoms with van der Waals surface area (Å²) in [6.07, 6.45) is 6.31. The molecule has 1 heterocycles. The highest BCUT2D eigenvalue weighted by Crippen LogP contribution is 2.18. The summed E-state index contributed by atoms with van der Waals surface area (Å²) in [7, 11) is 1.69. The van der Waals surface area contributed by atoms with Crippen molar-refractivity contribution >= 4 is 12.0 Å². The van der Waals surface area contributed by atoms with Crippen LogP contribution in [-0.4, -0.2) is 39.3 Å². The molecular formula is C18H26NO3+. The molecule has 120 valence electrons. The van der Waals surface area contributed by atoms with E-state index in [1.807, 2.05) is 31.2 Å². The van der Waals surface area contributed by atoms with Gasteiger partial charge in [0.15, 0.2) is 0 Å². The van der Waals surface area contributed by atoms with Crippen molar-refractivity contribution in [2.75, 3.05) is 33.4 Å². The third kappa shape index (κ3) is 4.60. The number of piperidine rings is 1. The molecule has 0 radical (unpaired) electrons. The number of carbonyl (C=O) groups excluding carboxylic acids is 1. The maximum absolute atomic E-state index is 11.9. The molecule has 0 aromatic heterocycles.